The molecule has 2 aliphatic rings. The predicted molar refractivity (Wildman–Crippen MR) is 76.0 cm³/mol. The molecule has 1 atom stereocenters. The molecule has 3 rings (SSSR count). The summed E-state index contributed by atoms with van der Waals surface area (Å²) in [5.74, 6) is 0.0727. The number of hydrogen-bond donors (Lipinski definition) is 1. The minimum Gasteiger partial charge on any atom is -0.396 e. The number of piperidine rings is 1. The highest BCUT2D eigenvalue weighted by Crippen LogP contribution is 2.28. The molecule has 1 unspecified atom stereocenters. The van der Waals surface area contributed by atoms with E-state index in [1.165, 1.54) is 8.61 Å². The highest BCUT2D eigenvalue weighted by molar-refractivity contribution is 7.86. The van der Waals surface area contributed by atoms with Crippen LogP contribution in [-0.2, 0) is 23.3 Å². The fraction of sp³-hybridized carbons (Fsp3) is 0.571. The molecule has 0 spiro atoms. The zero-order valence-electron chi connectivity index (χ0n) is 11.4. The molecule has 1 aromatic rings. The van der Waals surface area contributed by atoms with Crippen molar-refractivity contribution < 1.29 is 13.5 Å². The van der Waals surface area contributed by atoms with Crippen molar-refractivity contribution in [2.75, 3.05) is 19.7 Å². The lowest BCUT2D eigenvalue weighted by molar-refractivity contribution is 0.160. The molecule has 1 saturated heterocycles. The van der Waals surface area contributed by atoms with Crippen LogP contribution in [0.25, 0.3) is 0 Å². The topological polar surface area (TPSA) is 60.9 Å². The number of fused-ring (bicyclic) bond motifs is 1. The molecule has 0 bridgehead atoms. The van der Waals surface area contributed by atoms with Gasteiger partial charge in [0, 0.05) is 32.8 Å². The maximum absolute atomic E-state index is 12.7. The third kappa shape index (κ3) is 2.48. The van der Waals surface area contributed by atoms with Crippen LogP contribution in [0.15, 0.2) is 24.3 Å². The molecule has 1 aromatic carbocycles. The Kier molecular flexibility index (Phi) is 3.81. The van der Waals surface area contributed by atoms with Gasteiger partial charge in [-0.15, -0.1) is 0 Å². The Morgan fingerprint density at radius 1 is 1.15 bits per heavy atom. The lowest BCUT2D eigenvalue weighted by Crippen LogP contribution is -2.46. The number of aliphatic hydroxyl groups excluding tert-OH is 1. The summed E-state index contributed by atoms with van der Waals surface area (Å²) in [5, 5.41) is 9.25. The molecule has 2 aliphatic heterocycles. The summed E-state index contributed by atoms with van der Waals surface area (Å²) in [6.07, 6.45) is 1.73. The first-order valence-electron chi connectivity index (χ1n) is 7.04. The summed E-state index contributed by atoms with van der Waals surface area (Å²) in [7, 11) is -3.42. The fourth-order valence-electron chi connectivity index (χ4n) is 3.01. The third-order valence-electron chi connectivity index (χ3n) is 4.20. The smallest absolute Gasteiger partial charge is 0.282 e. The molecule has 5 nitrogen and oxygen atoms in total. The summed E-state index contributed by atoms with van der Waals surface area (Å²) in [6, 6.07) is 7.85. The number of aliphatic hydroxyl groups is 1. The van der Waals surface area contributed by atoms with Gasteiger partial charge in [-0.05, 0) is 29.9 Å². The van der Waals surface area contributed by atoms with E-state index in [-0.39, 0.29) is 12.5 Å². The van der Waals surface area contributed by atoms with Crippen molar-refractivity contribution in [3.8, 4) is 0 Å². The minimum atomic E-state index is -3.42. The molecular weight excluding hydrogens is 276 g/mol. The first kappa shape index (κ1) is 14.0. The highest BCUT2D eigenvalue weighted by Gasteiger charge is 2.36. The second-order valence-corrected chi connectivity index (χ2v) is 7.52. The maximum atomic E-state index is 12.7. The van der Waals surface area contributed by atoms with E-state index in [4.69, 9.17) is 0 Å². The van der Waals surface area contributed by atoms with Crippen molar-refractivity contribution in [2.45, 2.75) is 25.9 Å². The van der Waals surface area contributed by atoms with Crippen molar-refractivity contribution in [1.82, 2.24) is 8.61 Å². The molecule has 0 aliphatic carbocycles. The molecule has 110 valence electrons. The van der Waals surface area contributed by atoms with Crippen LogP contribution in [-0.4, -0.2) is 41.8 Å². The Hall–Kier alpha value is -0.950. The Bertz CT molecular complexity index is 563. The average Bonchev–Trinajstić information content (AvgIpc) is 2.92. The summed E-state index contributed by atoms with van der Waals surface area (Å²) < 4.78 is 28.4. The number of benzene rings is 1. The normalized spacial score (nSPS) is 24.8. The number of hydrogen-bond acceptors (Lipinski definition) is 3. The van der Waals surface area contributed by atoms with Gasteiger partial charge in [0.2, 0.25) is 0 Å². The van der Waals surface area contributed by atoms with Crippen molar-refractivity contribution in [3.63, 3.8) is 0 Å². The summed E-state index contributed by atoms with van der Waals surface area (Å²) >= 11 is 0. The van der Waals surface area contributed by atoms with E-state index < -0.39 is 10.2 Å². The van der Waals surface area contributed by atoms with Crippen LogP contribution in [0.1, 0.15) is 24.0 Å². The van der Waals surface area contributed by atoms with E-state index in [2.05, 4.69) is 0 Å². The fourth-order valence-corrected chi connectivity index (χ4v) is 4.70. The first-order chi connectivity index (χ1) is 9.61. The molecular formula is C14H20N2O3S. The summed E-state index contributed by atoms with van der Waals surface area (Å²) in [6.45, 7) is 1.97. The summed E-state index contributed by atoms with van der Waals surface area (Å²) in [5.41, 5.74) is 2.18. The van der Waals surface area contributed by atoms with Crippen LogP contribution in [0.3, 0.4) is 0 Å². The van der Waals surface area contributed by atoms with E-state index in [1.54, 1.807) is 0 Å². The molecule has 1 fully saturated rings. The van der Waals surface area contributed by atoms with Crippen LogP contribution >= 0.6 is 0 Å². The molecule has 2 heterocycles. The van der Waals surface area contributed by atoms with Crippen LogP contribution in [0.5, 0.6) is 0 Å². The second-order valence-electron chi connectivity index (χ2n) is 5.59. The minimum absolute atomic E-state index is 0.0618. The molecule has 0 amide bonds. The van der Waals surface area contributed by atoms with Gasteiger partial charge in [-0.3, -0.25) is 0 Å². The maximum Gasteiger partial charge on any atom is 0.282 e. The van der Waals surface area contributed by atoms with Gasteiger partial charge in [-0.25, -0.2) is 0 Å². The van der Waals surface area contributed by atoms with Crippen LogP contribution < -0.4 is 0 Å². The zero-order valence-corrected chi connectivity index (χ0v) is 12.2. The van der Waals surface area contributed by atoms with Gasteiger partial charge in [0.25, 0.3) is 10.2 Å². The highest BCUT2D eigenvalue weighted by atomic mass is 32.2. The lowest BCUT2D eigenvalue weighted by Gasteiger charge is -2.33. The van der Waals surface area contributed by atoms with E-state index in [0.29, 0.717) is 26.2 Å². The molecule has 0 saturated carbocycles. The van der Waals surface area contributed by atoms with E-state index in [1.807, 2.05) is 24.3 Å². The first-order valence-corrected chi connectivity index (χ1v) is 8.44. The van der Waals surface area contributed by atoms with Gasteiger partial charge in [-0.1, -0.05) is 24.3 Å². The Balaban J connectivity index is 1.77. The Morgan fingerprint density at radius 2 is 1.80 bits per heavy atom. The van der Waals surface area contributed by atoms with Crippen molar-refractivity contribution in [1.29, 1.82) is 0 Å². The zero-order chi connectivity index (χ0) is 14.2. The Labute approximate surface area is 120 Å². The van der Waals surface area contributed by atoms with Gasteiger partial charge >= 0.3 is 0 Å². The predicted octanol–water partition coefficient (Wildman–Crippen LogP) is 0.951. The lowest BCUT2D eigenvalue weighted by atomic mass is 10.0. The van der Waals surface area contributed by atoms with Crippen LogP contribution in [0.4, 0.5) is 0 Å². The largest absolute Gasteiger partial charge is 0.396 e. The van der Waals surface area contributed by atoms with Crippen LogP contribution in [0, 0.1) is 5.92 Å². The summed E-state index contributed by atoms with van der Waals surface area (Å²) in [4.78, 5) is 0. The van der Waals surface area contributed by atoms with E-state index in [9.17, 15) is 13.5 Å². The molecule has 0 aromatic heterocycles. The third-order valence-corrected chi connectivity index (χ3v) is 6.10. The van der Waals surface area contributed by atoms with Crippen LogP contribution in [0.2, 0.25) is 0 Å². The van der Waals surface area contributed by atoms with Crippen molar-refractivity contribution >= 4 is 10.2 Å². The van der Waals surface area contributed by atoms with Crippen molar-refractivity contribution in [2.24, 2.45) is 5.92 Å². The molecule has 6 heteroatoms. The average molecular weight is 296 g/mol. The second kappa shape index (κ2) is 5.44. The SMILES string of the molecule is O=S(=O)(N1Cc2ccccc2C1)N1CCCC(CO)C1. The monoisotopic (exact) mass is 296 g/mol. The van der Waals surface area contributed by atoms with E-state index in [0.717, 1.165) is 24.0 Å². The Morgan fingerprint density at radius 3 is 2.40 bits per heavy atom. The van der Waals surface area contributed by atoms with Gasteiger partial charge in [0.05, 0.1) is 0 Å². The van der Waals surface area contributed by atoms with Gasteiger partial charge in [0.15, 0.2) is 0 Å². The quantitative estimate of drug-likeness (QED) is 0.903. The molecule has 0 radical (unpaired) electrons. The van der Waals surface area contributed by atoms with E-state index >= 15 is 0 Å². The van der Waals surface area contributed by atoms with Crippen molar-refractivity contribution in [3.05, 3.63) is 35.4 Å². The van der Waals surface area contributed by atoms with Gasteiger partial charge < -0.3 is 5.11 Å². The molecule has 1 N–H and O–H groups in total. The van der Waals surface area contributed by atoms with Gasteiger partial charge in [-0.2, -0.15) is 17.0 Å². The molecule has 20 heavy (non-hydrogen) atoms. The number of rotatable bonds is 3. The number of nitrogens with zero attached hydrogens (tertiary/aromatic N) is 2. The standard InChI is InChI=1S/C14H20N2O3S/c17-11-12-4-3-7-15(8-12)20(18,19)16-9-13-5-1-2-6-14(13)10-16/h1-2,5-6,12,17H,3-4,7-11H2. The van der Waals surface area contributed by atoms with Gasteiger partial charge in [0.1, 0.15) is 0 Å².